The zero-order chi connectivity index (χ0) is 19.7. The number of furan rings is 1. The van der Waals surface area contributed by atoms with Gasteiger partial charge in [0.05, 0.1) is 34.3 Å². The van der Waals surface area contributed by atoms with Gasteiger partial charge in [0.15, 0.2) is 0 Å². The van der Waals surface area contributed by atoms with Crippen LogP contribution in [-0.2, 0) is 16.6 Å². The molecule has 2 heterocycles. The number of aromatic carboxylic acids is 1. The molecule has 0 atom stereocenters. The van der Waals surface area contributed by atoms with Gasteiger partial charge in [-0.3, -0.25) is 0 Å². The van der Waals surface area contributed by atoms with Gasteiger partial charge in [-0.05, 0) is 54.6 Å². The first-order chi connectivity index (χ1) is 13.4. The van der Waals surface area contributed by atoms with Crippen molar-refractivity contribution < 1.29 is 22.7 Å². The van der Waals surface area contributed by atoms with E-state index in [1.165, 1.54) is 30.5 Å². The van der Waals surface area contributed by atoms with E-state index in [-0.39, 0.29) is 17.0 Å². The lowest BCUT2D eigenvalue weighted by atomic mass is 10.2. The number of rotatable bonds is 6. The maximum absolute atomic E-state index is 12.4. The molecule has 4 aromatic rings. The normalized spacial score (nSPS) is 11.7. The van der Waals surface area contributed by atoms with Crippen LogP contribution in [0.3, 0.4) is 0 Å². The molecule has 4 rings (SSSR count). The molecule has 0 unspecified atom stereocenters. The number of hydrogen-bond donors (Lipinski definition) is 3. The second kappa shape index (κ2) is 6.95. The second-order valence-electron chi connectivity index (χ2n) is 6.05. The summed E-state index contributed by atoms with van der Waals surface area (Å²) in [5.74, 6) is 0.0166. The molecule has 3 N–H and O–H groups in total. The van der Waals surface area contributed by atoms with Crippen LogP contribution < -0.4 is 4.72 Å². The molecule has 0 spiro atoms. The Kier molecular flexibility index (Phi) is 4.46. The van der Waals surface area contributed by atoms with Gasteiger partial charge in [0.1, 0.15) is 11.6 Å². The van der Waals surface area contributed by atoms with Crippen LogP contribution in [0.2, 0.25) is 0 Å². The molecule has 28 heavy (non-hydrogen) atoms. The molecular formula is C19H15N3O5S. The van der Waals surface area contributed by atoms with Crippen molar-refractivity contribution in [3.8, 4) is 11.4 Å². The van der Waals surface area contributed by atoms with Gasteiger partial charge in [0, 0.05) is 5.56 Å². The highest BCUT2D eigenvalue weighted by molar-refractivity contribution is 7.89. The summed E-state index contributed by atoms with van der Waals surface area (Å²) >= 11 is 0. The number of carboxylic acid groups (broad SMARTS) is 1. The van der Waals surface area contributed by atoms with Gasteiger partial charge in [-0.15, -0.1) is 0 Å². The first-order valence-electron chi connectivity index (χ1n) is 8.28. The van der Waals surface area contributed by atoms with Crippen LogP contribution in [-0.4, -0.2) is 29.5 Å². The summed E-state index contributed by atoms with van der Waals surface area (Å²) in [7, 11) is -3.68. The molecule has 142 valence electrons. The first kappa shape index (κ1) is 18.0. The minimum Gasteiger partial charge on any atom is -0.478 e. The predicted octanol–water partition coefficient (Wildman–Crippen LogP) is 3.00. The van der Waals surface area contributed by atoms with Gasteiger partial charge in [0.25, 0.3) is 0 Å². The van der Waals surface area contributed by atoms with E-state index in [1.54, 1.807) is 30.3 Å². The molecule has 0 bridgehead atoms. The lowest BCUT2D eigenvalue weighted by Gasteiger charge is -2.06. The summed E-state index contributed by atoms with van der Waals surface area (Å²) in [4.78, 5) is 18.7. The SMILES string of the molecule is O=C(O)c1ccc2nc(-c3ccc(S(=O)(=O)NCc4ccco4)cc3)[nH]c2c1. The highest BCUT2D eigenvalue weighted by Gasteiger charge is 2.15. The second-order valence-corrected chi connectivity index (χ2v) is 7.82. The predicted molar refractivity (Wildman–Crippen MR) is 101 cm³/mol. The summed E-state index contributed by atoms with van der Waals surface area (Å²) in [6, 6.07) is 14.2. The minimum atomic E-state index is -3.68. The van der Waals surface area contributed by atoms with E-state index >= 15 is 0 Å². The Morgan fingerprint density at radius 2 is 1.93 bits per heavy atom. The Hall–Kier alpha value is -3.43. The van der Waals surface area contributed by atoms with Gasteiger partial charge < -0.3 is 14.5 Å². The number of aromatic nitrogens is 2. The quantitative estimate of drug-likeness (QED) is 0.459. The van der Waals surface area contributed by atoms with Gasteiger partial charge >= 0.3 is 5.97 Å². The first-order valence-corrected chi connectivity index (χ1v) is 9.76. The minimum absolute atomic E-state index is 0.0621. The zero-order valence-corrected chi connectivity index (χ0v) is 15.2. The van der Waals surface area contributed by atoms with Crippen molar-refractivity contribution in [3.05, 3.63) is 72.2 Å². The summed E-state index contributed by atoms with van der Waals surface area (Å²) in [5.41, 5.74) is 2.05. The fraction of sp³-hybridized carbons (Fsp3) is 0.0526. The monoisotopic (exact) mass is 397 g/mol. The number of nitrogens with zero attached hydrogens (tertiary/aromatic N) is 1. The third-order valence-electron chi connectivity index (χ3n) is 4.18. The molecule has 0 fully saturated rings. The fourth-order valence-corrected chi connectivity index (χ4v) is 3.73. The van der Waals surface area contributed by atoms with Crippen molar-refractivity contribution in [1.82, 2.24) is 14.7 Å². The Morgan fingerprint density at radius 1 is 1.14 bits per heavy atom. The third-order valence-corrected chi connectivity index (χ3v) is 5.60. The van der Waals surface area contributed by atoms with Crippen molar-refractivity contribution in [2.75, 3.05) is 0 Å². The molecule has 0 radical (unpaired) electrons. The smallest absolute Gasteiger partial charge is 0.335 e. The third kappa shape index (κ3) is 3.53. The number of fused-ring (bicyclic) bond motifs is 1. The highest BCUT2D eigenvalue weighted by atomic mass is 32.2. The van der Waals surface area contributed by atoms with Gasteiger partial charge in [0.2, 0.25) is 10.0 Å². The molecular weight excluding hydrogens is 382 g/mol. The van der Waals surface area contributed by atoms with Crippen LogP contribution in [0.25, 0.3) is 22.4 Å². The molecule has 0 aliphatic carbocycles. The van der Waals surface area contributed by atoms with Crippen LogP contribution in [0.4, 0.5) is 0 Å². The van der Waals surface area contributed by atoms with Crippen molar-refractivity contribution in [1.29, 1.82) is 0 Å². The molecule has 8 nitrogen and oxygen atoms in total. The molecule has 9 heteroatoms. The Balaban J connectivity index is 1.57. The van der Waals surface area contributed by atoms with E-state index in [4.69, 9.17) is 9.52 Å². The van der Waals surface area contributed by atoms with E-state index in [9.17, 15) is 13.2 Å². The lowest BCUT2D eigenvalue weighted by Crippen LogP contribution is -2.22. The fourth-order valence-electron chi connectivity index (χ4n) is 2.73. The average molecular weight is 397 g/mol. The van der Waals surface area contributed by atoms with Crippen LogP contribution in [0, 0.1) is 0 Å². The van der Waals surface area contributed by atoms with Crippen LogP contribution in [0.15, 0.2) is 70.2 Å². The van der Waals surface area contributed by atoms with Gasteiger partial charge in [-0.2, -0.15) is 0 Å². The molecule has 0 aliphatic heterocycles. The van der Waals surface area contributed by atoms with Crippen molar-refractivity contribution in [2.24, 2.45) is 0 Å². The number of benzene rings is 2. The highest BCUT2D eigenvalue weighted by Crippen LogP contribution is 2.23. The Bertz CT molecular complexity index is 1240. The maximum atomic E-state index is 12.4. The van der Waals surface area contributed by atoms with E-state index in [1.807, 2.05) is 0 Å². The Labute approximate surface area is 159 Å². The number of carbonyl (C=O) groups is 1. The number of nitrogens with one attached hydrogen (secondary N) is 2. The molecule has 0 amide bonds. The number of imidazole rings is 1. The van der Waals surface area contributed by atoms with E-state index in [0.29, 0.717) is 28.2 Å². The molecule has 0 saturated heterocycles. The van der Waals surface area contributed by atoms with E-state index < -0.39 is 16.0 Å². The van der Waals surface area contributed by atoms with Crippen molar-refractivity contribution in [3.63, 3.8) is 0 Å². The number of H-pyrrole nitrogens is 1. The summed E-state index contributed by atoms with van der Waals surface area (Å²) < 4.78 is 32.4. The Morgan fingerprint density at radius 3 is 2.61 bits per heavy atom. The summed E-state index contributed by atoms with van der Waals surface area (Å²) in [6.45, 7) is 0.0621. The van der Waals surface area contributed by atoms with Crippen LogP contribution >= 0.6 is 0 Å². The number of carboxylic acids is 1. The zero-order valence-electron chi connectivity index (χ0n) is 14.4. The molecule has 2 aromatic carbocycles. The summed E-state index contributed by atoms with van der Waals surface area (Å²) in [5, 5.41) is 9.08. The lowest BCUT2D eigenvalue weighted by molar-refractivity contribution is 0.0697. The van der Waals surface area contributed by atoms with Crippen molar-refractivity contribution >= 4 is 27.0 Å². The molecule has 2 aromatic heterocycles. The number of sulfonamides is 1. The average Bonchev–Trinajstić information content (AvgIpc) is 3.35. The molecule has 0 aliphatic rings. The topological polar surface area (TPSA) is 125 Å². The number of hydrogen-bond acceptors (Lipinski definition) is 5. The van der Waals surface area contributed by atoms with Gasteiger partial charge in [-0.25, -0.2) is 22.9 Å². The summed E-state index contributed by atoms with van der Waals surface area (Å²) in [6.07, 6.45) is 1.48. The van der Waals surface area contributed by atoms with Gasteiger partial charge in [-0.1, -0.05) is 0 Å². The van der Waals surface area contributed by atoms with Crippen LogP contribution in [0.5, 0.6) is 0 Å². The van der Waals surface area contributed by atoms with E-state index in [0.717, 1.165) is 0 Å². The van der Waals surface area contributed by atoms with Crippen LogP contribution in [0.1, 0.15) is 16.1 Å². The van der Waals surface area contributed by atoms with Crippen molar-refractivity contribution in [2.45, 2.75) is 11.4 Å². The largest absolute Gasteiger partial charge is 0.478 e. The van der Waals surface area contributed by atoms with E-state index in [2.05, 4.69) is 14.7 Å². The standard InChI is InChI=1S/C19H15N3O5S/c23-19(24)13-5-8-16-17(10-13)22-18(21-16)12-3-6-15(7-4-12)28(25,26)20-11-14-2-1-9-27-14/h1-10,20H,11H2,(H,21,22)(H,23,24). The molecule has 0 saturated carbocycles. The number of aromatic amines is 1. The maximum Gasteiger partial charge on any atom is 0.335 e.